The van der Waals surface area contributed by atoms with E-state index in [1.54, 1.807) is 0 Å². The number of hydrogen-bond acceptors (Lipinski definition) is 3. The summed E-state index contributed by atoms with van der Waals surface area (Å²) >= 11 is 3.51. The van der Waals surface area contributed by atoms with E-state index in [0.717, 1.165) is 60.2 Å². The number of carbonyl (C=O) groups excluding carboxylic acids is 1. The molecule has 1 aromatic carbocycles. The van der Waals surface area contributed by atoms with Crippen LogP contribution >= 0.6 is 15.9 Å². The number of hydrogen-bond donors (Lipinski definition) is 2. The Hall–Kier alpha value is -1.56. The first-order valence-electron chi connectivity index (χ1n) is 10.4. The minimum absolute atomic E-state index is 0.144. The van der Waals surface area contributed by atoms with Gasteiger partial charge in [-0.05, 0) is 43.9 Å². The molecule has 1 saturated carbocycles. The summed E-state index contributed by atoms with van der Waals surface area (Å²) in [5.74, 6) is 1.33. The molecule has 6 heteroatoms. The van der Waals surface area contributed by atoms with Crippen LogP contribution in [-0.2, 0) is 4.79 Å². The first-order chi connectivity index (χ1) is 13.2. The average Bonchev–Trinajstić information content (AvgIpc) is 3.07. The maximum Gasteiger partial charge on any atom is 0.223 e. The zero-order valence-corrected chi connectivity index (χ0v) is 17.4. The summed E-state index contributed by atoms with van der Waals surface area (Å²) in [6.45, 7) is 1.76. The van der Waals surface area contributed by atoms with Gasteiger partial charge in [-0.3, -0.25) is 4.79 Å². The lowest BCUT2D eigenvalue weighted by Crippen LogP contribution is -2.44. The minimum atomic E-state index is 0.144. The Morgan fingerprint density at radius 3 is 2.52 bits per heavy atom. The fourth-order valence-corrected chi connectivity index (χ4v) is 4.75. The molecule has 1 aliphatic heterocycles. The Balaban J connectivity index is 1.31. The molecule has 5 nitrogen and oxygen atoms in total. The number of imidazole rings is 1. The van der Waals surface area contributed by atoms with E-state index in [1.165, 1.54) is 32.1 Å². The number of carbonyl (C=O) groups is 1. The second kappa shape index (κ2) is 8.63. The van der Waals surface area contributed by atoms with Crippen molar-refractivity contribution in [3.8, 4) is 0 Å². The van der Waals surface area contributed by atoms with Crippen molar-refractivity contribution >= 4 is 38.8 Å². The predicted octanol–water partition coefficient (Wildman–Crippen LogP) is 4.77. The van der Waals surface area contributed by atoms with Gasteiger partial charge in [-0.2, -0.15) is 0 Å². The number of aromatic amines is 1. The smallest absolute Gasteiger partial charge is 0.223 e. The van der Waals surface area contributed by atoms with E-state index in [0.29, 0.717) is 6.04 Å². The number of benzene rings is 1. The fourth-order valence-electron chi connectivity index (χ4n) is 4.39. The molecule has 1 amide bonds. The highest BCUT2D eigenvalue weighted by atomic mass is 79.9. The highest BCUT2D eigenvalue weighted by Gasteiger charge is 2.27. The molecule has 2 heterocycles. The summed E-state index contributed by atoms with van der Waals surface area (Å²) < 4.78 is 1.05. The monoisotopic (exact) mass is 432 g/mol. The number of aromatic nitrogens is 2. The van der Waals surface area contributed by atoms with Crippen LogP contribution in [0.3, 0.4) is 0 Å². The molecule has 0 spiro atoms. The van der Waals surface area contributed by atoms with Gasteiger partial charge in [0.15, 0.2) is 0 Å². The van der Waals surface area contributed by atoms with Crippen molar-refractivity contribution in [2.45, 2.75) is 63.8 Å². The van der Waals surface area contributed by atoms with Gasteiger partial charge in [0.2, 0.25) is 11.9 Å². The normalized spacial score (nSPS) is 20.4. The molecule has 1 aromatic heterocycles. The van der Waals surface area contributed by atoms with Crippen molar-refractivity contribution in [1.29, 1.82) is 0 Å². The Labute approximate surface area is 169 Å². The molecule has 0 unspecified atom stereocenters. The number of piperidine rings is 1. The van der Waals surface area contributed by atoms with Crippen LogP contribution < -0.4 is 10.2 Å². The molecule has 146 valence electrons. The molecule has 2 fully saturated rings. The van der Waals surface area contributed by atoms with Gasteiger partial charge < -0.3 is 15.2 Å². The number of rotatable bonds is 3. The van der Waals surface area contributed by atoms with Gasteiger partial charge in [-0.1, -0.05) is 48.0 Å². The molecule has 2 aliphatic rings. The van der Waals surface area contributed by atoms with E-state index in [9.17, 15) is 4.79 Å². The molecule has 4 rings (SSSR count). The van der Waals surface area contributed by atoms with Crippen LogP contribution in [0.15, 0.2) is 22.7 Å². The van der Waals surface area contributed by atoms with Gasteiger partial charge in [-0.15, -0.1) is 0 Å². The van der Waals surface area contributed by atoms with Crippen molar-refractivity contribution in [2.75, 3.05) is 18.0 Å². The quantitative estimate of drug-likeness (QED) is 0.733. The number of fused-ring (bicyclic) bond motifs is 1. The molecule has 2 aromatic rings. The lowest BCUT2D eigenvalue weighted by molar-refractivity contribution is -0.126. The van der Waals surface area contributed by atoms with Gasteiger partial charge in [0, 0.05) is 29.5 Å². The summed E-state index contributed by atoms with van der Waals surface area (Å²) in [6.07, 6.45) is 10.6. The third-order valence-electron chi connectivity index (χ3n) is 6.05. The summed E-state index contributed by atoms with van der Waals surface area (Å²) in [5.41, 5.74) is 2.03. The summed E-state index contributed by atoms with van der Waals surface area (Å²) in [4.78, 5) is 23.1. The number of nitrogens with one attached hydrogen (secondary N) is 2. The van der Waals surface area contributed by atoms with Crippen molar-refractivity contribution in [3.05, 3.63) is 22.7 Å². The van der Waals surface area contributed by atoms with E-state index in [-0.39, 0.29) is 11.8 Å². The summed E-state index contributed by atoms with van der Waals surface area (Å²) in [6, 6.07) is 6.49. The van der Waals surface area contributed by atoms with Gasteiger partial charge in [0.1, 0.15) is 0 Å². The third-order valence-corrected chi connectivity index (χ3v) is 6.54. The van der Waals surface area contributed by atoms with Crippen LogP contribution in [0, 0.1) is 5.92 Å². The number of nitrogens with zero attached hydrogens (tertiary/aromatic N) is 2. The van der Waals surface area contributed by atoms with Crippen molar-refractivity contribution in [1.82, 2.24) is 15.3 Å². The van der Waals surface area contributed by atoms with Crippen molar-refractivity contribution in [3.63, 3.8) is 0 Å². The maximum atomic E-state index is 12.7. The summed E-state index contributed by atoms with van der Waals surface area (Å²) in [7, 11) is 0. The number of halogens is 1. The van der Waals surface area contributed by atoms with Gasteiger partial charge >= 0.3 is 0 Å². The largest absolute Gasteiger partial charge is 0.353 e. The minimum Gasteiger partial charge on any atom is -0.353 e. The third kappa shape index (κ3) is 4.65. The lowest BCUT2D eigenvalue weighted by atomic mass is 9.93. The van der Waals surface area contributed by atoms with E-state index >= 15 is 0 Å². The van der Waals surface area contributed by atoms with E-state index in [1.807, 2.05) is 12.1 Å². The van der Waals surface area contributed by atoms with Gasteiger partial charge in [-0.25, -0.2) is 4.98 Å². The van der Waals surface area contributed by atoms with Crippen LogP contribution in [0.2, 0.25) is 0 Å². The second-order valence-electron chi connectivity index (χ2n) is 8.03. The molecule has 27 heavy (non-hydrogen) atoms. The van der Waals surface area contributed by atoms with E-state index in [2.05, 4.69) is 37.2 Å². The van der Waals surface area contributed by atoms with Crippen LogP contribution in [-0.4, -0.2) is 35.0 Å². The fraction of sp³-hybridized carbons (Fsp3) is 0.619. The Bertz CT molecular complexity index is 774. The van der Waals surface area contributed by atoms with Crippen LogP contribution in [0.1, 0.15) is 57.8 Å². The summed E-state index contributed by atoms with van der Waals surface area (Å²) in [5, 5.41) is 3.35. The molecule has 0 radical (unpaired) electrons. The second-order valence-corrected chi connectivity index (χ2v) is 8.95. The number of amides is 1. The lowest BCUT2D eigenvalue weighted by Gasteiger charge is -2.32. The Kier molecular flexibility index (Phi) is 6.01. The Morgan fingerprint density at radius 1 is 1.07 bits per heavy atom. The highest BCUT2D eigenvalue weighted by Crippen LogP contribution is 2.26. The van der Waals surface area contributed by atoms with Crippen molar-refractivity contribution in [2.24, 2.45) is 5.92 Å². The zero-order chi connectivity index (χ0) is 18.6. The van der Waals surface area contributed by atoms with Gasteiger partial charge in [0.05, 0.1) is 11.0 Å². The average molecular weight is 433 g/mol. The molecular formula is C21H29BrN4O. The molecule has 1 saturated heterocycles. The predicted molar refractivity (Wildman–Crippen MR) is 113 cm³/mol. The first-order valence-corrected chi connectivity index (χ1v) is 11.2. The topological polar surface area (TPSA) is 61.0 Å². The molecule has 1 aliphatic carbocycles. The standard InChI is InChI=1S/C21H29BrN4O/c22-16-8-9-18-19(14-16)25-21(24-18)26-12-10-15(11-13-26)20(27)23-17-6-4-2-1-3-5-7-17/h8-9,14-15,17H,1-7,10-13H2,(H,23,27)(H,24,25). The van der Waals surface area contributed by atoms with E-state index in [4.69, 9.17) is 4.98 Å². The molecule has 0 atom stereocenters. The van der Waals surface area contributed by atoms with Crippen LogP contribution in [0.25, 0.3) is 11.0 Å². The van der Waals surface area contributed by atoms with Crippen LogP contribution in [0.4, 0.5) is 5.95 Å². The van der Waals surface area contributed by atoms with Crippen molar-refractivity contribution < 1.29 is 4.79 Å². The Morgan fingerprint density at radius 2 is 1.78 bits per heavy atom. The SMILES string of the molecule is O=C(NC1CCCCCCC1)C1CCN(c2nc3ccc(Br)cc3[nH]2)CC1. The first kappa shape index (κ1) is 18.8. The molecule has 2 N–H and O–H groups in total. The molecule has 0 bridgehead atoms. The van der Waals surface area contributed by atoms with Gasteiger partial charge in [0.25, 0.3) is 0 Å². The number of H-pyrrole nitrogens is 1. The van der Waals surface area contributed by atoms with E-state index < -0.39 is 0 Å². The highest BCUT2D eigenvalue weighted by molar-refractivity contribution is 9.10. The molecular weight excluding hydrogens is 404 g/mol. The maximum absolute atomic E-state index is 12.7. The van der Waals surface area contributed by atoms with Crippen LogP contribution in [0.5, 0.6) is 0 Å². The number of anilines is 1. The zero-order valence-electron chi connectivity index (χ0n) is 15.8.